The lowest BCUT2D eigenvalue weighted by atomic mass is 10.1. The van der Waals surface area contributed by atoms with Gasteiger partial charge in [0.15, 0.2) is 0 Å². The summed E-state index contributed by atoms with van der Waals surface area (Å²) >= 11 is 7.61. The highest BCUT2D eigenvalue weighted by atomic mass is 35.5. The minimum Gasteiger partial charge on any atom is -0.335 e. The molecule has 1 fully saturated rings. The molecule has 176 valence electrons. The van der Waals surface area contributed by atoms with Crippen molar-refractivity contribution in [3.05, 3.63) is 62.8 Å². The Hall–Kier alpha value is -1.68. The fourth-order valence-corrected chi connectivity index (χ4v) is 7.14. The largest absolute Gasteiger partial charge is 0.335 e. The number of amides is 1. The van der Waals surface area contributed by atoms with Gasteiger partial charge in [-0.1, -0.05) is 23.7 Å². The van der Waals surface area contributed by atoms with Crippen LogP contribution in [0.2, 0.25) is 5.02 Å². The molecular formula is C23H25Cl2N3O3S2. The molecule has 0 bridgehead atoms. The summed E-state index contributed by atoms with van der Waals surface area (Å²) in [4.78, 5) is 19.4. The number of hydrogen-bond acceptors (Lipinski definition) is 5. The van der Waals surface area contributed by atoms with Gasteiger partial charge in [-0.05, 0) is 60.1 Å². The number of nitrogens with zero attached hydrogens (tertiary/aromatic N) is 3. The van der Waals surface area contributed by atoms with Crippen LogP contribution in [-0.2, 0) is 23.0 Å². The van der Waals surface area contributed by atoms with Crippen LogP contribution in [0.4, 0.5) is 0 Å². The molecule has 0 radical (unpaired) electrons. The van der Waals surface area contributed by atoms with E-state index in [0.29, 0.717) is 31.2 Å². The second-order valence-corrected chi connectivity index (χ2v) is 11.9. The number of carbonyl (C=O) groups excluding carboxylic acids is 1. The molecule has 0 aliphatic carbocycles. The average Bonchev–Trinajstić information content (AvgIpc) is 3.21. The van der Waals surface area contributed by atoms with E-state index >= 15 is 0 Å². The van der Waals surface area contributed by atoms with E-state index in [9.17, 15) is 13.2 Å². The van der Waals surface area contributed by atoms with Crippen molar-refractivity contribution in [2.24, 2.45) is 0 Å². The quantitative estimate of drug-likeness (QED) is 0.516. The monoisotopic (exact) mass is 525 g/mol. The SMILES string of the molecule is CN1CCc2sc(C(=O)N3CCN(S(=O)(=O)c4ccc5cc(Cl)ccc5c4)CC3)cc2C1.Cl. The molecule has 2 aromatic carbocycles. The minimum absolute atomic E-state index is 0. The normalized spacial score (nSPS) is 17.6. The Morgan fingerprint density at radius 3 is 2.42 bits per heavy atom. The number of rotatable bonds is 3. The van der Waals surface area contributed by atoms with Gasteiger partial charge in [0.1, 0.15) is 0 Å². The van der Waals surface area contributed by atoms with E-state index in [0.717, 1.165) is 35.2 Å². The van der Waals surface area contributed by atoms with Gasteiger partial charge >= 0.3 is 0 Å². The molecule has 0 N–H and O–H groups in total. The Bertz CT molecular complexity index is 1300. The molecule has 2 aliphatic rings. The van der Waals surface area contributed by atoms with E-state index in [4.69, 9.17) is 11.6 Å². The Balaban J connectivity index is 0.00000259. The van der Waals surface area contributed by atoms with Crippen LogP contribution in [0.1, 0.15) is 20.1 Å². The molecule has 1 aromatic heterocycles. The summed E-state index contributed by atoms with van der Waals surface area (Å²) < 4.78 is 27.9. The van der Waals surface area contributed by atoms with E-state index in [2.05, 4.69) is 11.9 Å². The van der Waals surface area contributed by atoms with Crippen LogP contribution in [0.5, 0.6) is 0 Å². The lowest BCUT2D eigenvalue weighted by molar-refractivity contribution is 0.0702. The molecule has 10 heteroatoms. The number of fused-ring (bicyclic) bond motifs is 2. The Labute approximate surface area is 209 Å². The highest BCUT2D eigenvalue weighted by molar-refractivity contribution is 7.89. The summed E-state index contributed by atoms with van der Waals surface area (Å²) in [5, 5.41) is 2.35. The van der Waals surface area contributed by atoms with Gasteiger partial charge in [-0.25, -0.2) is 8.42 Å². The van der Waals surface area contributed by atoms with Crippen molar-refractivity contribution in [2.45, 2.75) is 17.9 Å². The number of carbonyl (C=O) groups is 1. The summed E-state index contributed by atoms with van der Waals surface area (Å²) in [6.45, 7) is 3.26. The highest BCUT2D eigenvalue weighted by Gasteiger charge is 2.31. The smallest absolute Gasteiger partial charge is 0.264 e. The fourth-order valence-electron chi connectivity index (χ4n) is 4.37. The molecule has 2 aliphatic heterocycles. The molecule has 1 amide bonds. The first kappa shape index (κ1) is 24.4. The second kappa shape index (κ2) is 9.52. The standard InChI is InChI=1S/C23H24ClN3O3S2.ClH/c1-25-7-6-21-18(15-25)14-22(31-21)23(28)26-8-10-27(11-9-26)32(29,30)20-5-3-16-12-19(24)4-2-17(16)13-20;/h2-5,12-14H,6-11,15H2,1H3;1H. The molecule has 0 saturated carbocycles. The van der Waals surface area contributed by atoms with Crippen LogP contribution in [0.25, 0.3) is 10.8 Å². The van der Waals surface area contributed by atoms with Gasteiger partial charge in [0.2, 0.25) is 10.0 Å². The molecule has 0 unspecified atom stereocenters. The van der Waals surface area contributed by atoms with Crippen LogP contribution in [-0.4, -0.2) is 68.2 Å². The van der Waals surface area contributed by atoms with E-state index in [1.54, 1.807) is 40.5 Å². The third-order valence-electron chi connectivity index (χ3n) is 6.21. The predicted octanol–water partition coefficient (Wildman–Crippen LogP) is 4.11. The maximum absolute atomic E-state index is 13.2. The van der Waals surface area contributed by atoms with Gasteiger partial charge in [0.25, 0.3) is 5.91 Å². The van der Waals surface area contributed by atoms with Crippen molar-refractivity contribution < 1.29 is 13.2 Å². The van der Waals surface area contributed by atoms with Crippen molar-refractivity contribution in [2.75, 3.05) is 39.8 Å². The number of sulfonamides is 1. The number of hydrogen-bond donors (Lipinski definition) is 0. The van der Waals surface area contributed by atoms with Crippen LogP contribution in [0.3, 0.4) is 0 Å². The third-order valence-corrected chi connectivity index (χ3v) is 9.56. The number of halogens is 2. The summed E-state index contributed by atoms with van der Waals surface area (Å²) in [6.07, 6.45) is 0.980. The van der Waals surface area contributed by atoms with Crippen molar-refractivity contribution >= 4 is 62.0 Å². The molecule has 1 saturated heterocycles. The topological polar surface area (TPSA) is 60.9 Å². The summed E-state index contributed by atoms with van der Waals surface area (Å²) in [5.41, 5.74) is 1.24. The zero-order valence-corrected chi connectivity index (χ0v) is 21.4. The average molecular weight is 527 g/mol. The Morgan fingerprint density at radius 2 is 1.67 bits per heavy atom. The zero-order chi connectivity index (χ0) is 22.5. The van der Waals surface area contributed by atoms with Crippen molar-refractivity contribution in [1.29, 1.82) is 0 Å². The molecule has 0 atom stereocenters. The van der Waals surface area contributed by atoms with Gasteiger partial charge in [-0.3, -0.25) is 4.79 Å². The molecule has 33 heavy (non-hydrogen) atoms. The van der Waals surface area contributed by atoms with Crippen LogP contribution < -0.4 is 0 Å². The van der Waals surface area contributed by atoms with Crippen molar-refractivity contribution in [1.82, 2.24) is 14.1 Å². The molecule has 6 nitrogen and oxygen atoms in total. The van der Waals surface area contributed by atoms with Gasteiger partial charge in [0, 0.05) is 49.2 Å². The lowest BCUT2D eigenvalue weighted by Gasteiger charge is -2.33. The number of thiophene rings is 1. The van der Waals surface area contributed by atoms with E-state index < -0.39 is 10.0 Å². The Morgan fingerprint density at radius 1 is 0.970 bits per heavy atom. The van der Waals surface area contributed by atoms with E-state index in [-0.39, 0.29) is 23.2 Å². The van der Waals surface area contributed by atoms with Crippen LogP contribution >= 0.6 is 35.3 Å². The lowest BCUT2D eigenvalue weighted by Crippen LogP contribution is -2.50. The fraction of sp³-hybridized carbons (Fsp3) is 0.348. The zero-order valence-electron chi connectivity index (χ0n) is 18.2. The van der Waals surface area contributed by atoms with Crippen molar-refractivity contribution in [3.63, 3.8) is 0 Å². The molecular weight excluding hydrogens is 501 g/mol. The number of likely N-dealkylation sites (N-methyl/N-ethyl adjacent to an activating group) is 1. The third kappa shape index (κ3) is 4.78. The maximum Gasteiger partial charge on any atom is 0.264 e. The first-order chi connectivity index (χ1) is 15.3. The van der Waals surface area contributed by atoms with Crippen LogP contribution in [0.15, 0.2) is 47.4 Å². The van der Waals surface area contributed by atoms with Gasteiger partial charge in [-0.15, -0.1) is 23.7 Å². The summed E-state index contributed by atoms with van der Waals surface area (Å²) in [5.74, 6) is 0.00619. The van der Waals surface area contributed by atoms with E-state index in [1.165, 1.54) is 14.7 Å². The highest BCUT2D eigenvalue weighted by Crippen LogP contribution is 2.29. The van der Waals surface area contributed by atoms with Gasteiger partial charge in [-0.2, -0.15) is 4.31 Å². The molecule has 0 spiro atoms. The second-order valence-electron chi connectivity index (χ2n) is 8.40. The number of benzene rings is 2. The molecule has 3 aromatic rings. The van der Waals surface area contributed by atoms with Crippen molar-refractivity contribution in [3.8, 4) is 0 Å². The minimum atomic E-state index is -3.63. The number of piperazine rings is 1. The van der Waals surface area contributed by atoms with Gasteiger partial charge < -0.3 is 9.80 Å². The molecule has 3 heterocycles. The summed E-state index contributed by atoms with van der Waals surface area (Å²) in [6, 6.07) is 12.5. The first-order valence-corrected chi connectivity index (χ1v) is 13.2. The Kier molecular flexibility index (Phi) is 7.05. The molecule has 5 rings (SSSR count). The predicted molar refractivity (Wildman–Crippen MR) is 135 cm³/mol. The summed E-state index contributed by atoms with van der Waals surface area (Å²) in [7, 11) is -1.54. The van der Waals surface area contributed by atoms with Gasteiger partial charge in [0.05, 0.1) is 9.77 Å². The van der Waals surface area contributed by atoms with Crippen LogP contribution in [0, 0.1) is 0 Å². The first-order valence-electron chi connectivity index (χ1n) is 10.6. The van der Waals surface area contributed by atoms with E-state index in [1.807, 2.05) is 18.2 Å². The maximum atomic E-state index is 13.2.